The second-order valence-electron chi connectivity index (χ2n) is 4.31. The van der Waals surface area contributed by atoms with Crippen LogP contribution in [0.2, 0.25) is 5.02 Å². The van der Waals surface area contributed by atoms with Gasteiger partial charge in [0.05, 0.1) is 10.9 Å². The van der Waals surface area contributed by atoms with Crippen LogP contribution in [0.4, 0.5) is 0 Å². The third-order valence-electron chi connectivity index (χ3n) is 3.16. The average molecular weight is 315 g/mol. The third-order valence-corrected chi connectivity index (χ3v) is 3.61. The van der Waals surface area contributed by atoms with Gasteiger partial charge in [0.2, 0.25) is 5.91 Å². The van der Waals surface area contributed by atoms with Gasteiger partial charge in [0.25, 0.3) is 0 Å². The van der Waals surface area contributed by atoms with Crippen LogP contribution in [0.1, 0.15) is 19.7 Å². The number of hydrogen-bond donors (Lipinski definition) is 0. The lowest BCUT2D eigenvalue weighted by atomic mass is 10.4. The van der Waals surface area contributed by atoms with E-state index in [2.05, 4.69) is 9.97 Å². The molecule has 108 valence electrons. The normalized spacial score (nSPS) is 11.0. The van der Waals surface area contributed by atoms with Gasteiger partial charge >= 0.3 is 0 Å². The highest BCUT2D eigenvalue weighted by Gasteiger charge is 2.17. The number of hydrogen-bond acceptors (Lipinski definition) is 3. The Bertz CT molecular complexity index is 622. The van der Waals surface area contributed by atoms with Gasteiger partial charge < -0.3 is 9.47 Å². The van der Waals surface area contributed by atoms with Crippen molar-refractivity contribution >= 4 is 40.3 Å². The number of imidazole rings is 1. The highest BCUT2D eigenvalue weighted by Crippen LogP contribution is 2.19. The maximum atomic E-state index is 12.2. The highest BCUT2D eigenvalue weighted by molar-refractivity contribution is 6.31. The minimum atomic E-state index is 0.0254. The van der Waals surface area contributed by atoms with Crippen molar-refractivity contribution in [3.8, 4) is 0 Å². The summed E-state index contributed by atoms with van der Waals surface area (Å²) in [5.74, 6) is 0.869. The van der Waals surface area contributed by atoms with Gasteiger partial charge in [-0.3, -0.25) is 4.79 Å². The van der Waals surface area contributed by atoms with Crippen molar-refractivity contribution in [2.45, 2.75) is 26.3 Å². The fraction of sp³-hybridized carbons (Fsp3) is 0.462. The lowest BCUT2D eigenvalue weighted by molar-refractivity contribution is -0.131. The average Bonchev–Trinajstić information content (AvgIpc) is 2.77. The van der Waals surface area contributed by atoms with Crippen LogP contribution in [-0.2, 0) is 17.2 Å². The number of fused-ring (bicyclic) bond motifs is 1. The largest absolute Gasteiger partial charge is 0.342 e. The van der Waals surface area contributed by atoms with E-state index in [9.17, 15) is 4.79 Å². The molecule has 0 aliphatic rings. The monoisotopic (exact) mass is 314 g/mol. The van der Waals surface area contributed by atoms with Gasteiger partial charge in [0.15, 0.2) is 5.65 Å². The summed E-state index contributed by atoms with van der Waals surface area (Å²) in [6.45, 7) is 5.45. The lowest BCUT2D eigenvalue weighted by Gasteiger charge is -2.19. The first-order valence-corrected chi connectivity index (χ1v) is 7.36. The minimum Gasteiger partial charge on any atom is -0.342 e. The summed E-state index contributed by atoms with van der Waals surface area (Å²) in [6, 6.07) is 1.72. The van der Waals surface area contributed by atoms with E-state index in [1.807, 2.05) is 13.8 Å². The Labute approximate surface area is 127 Å². The molecular weight excluding hydrogens is 299 g/mol. The molecular formula is C13H16Cl2N4O. The van der Waals surface area contributed by atoms with Gasteiger partial charge in [-0.2, -0.15) is 0 Å². The van der Waals surface area contributed by atoms with E-state index in [-0.39, 0.29) is 18.3 Å². The summed E-state index contributed by atoms with van der Waals surface area (Å²) in [4.78, 5) is 22.6. The van der Waals surface area contributed by atoms with E-state index >= 15 is 0 Å². The Morgan fingerprint density at radius 1 is 1.40 bits per heavy atom. The predicted molar refractivity (Wildman–Crippen MR) is 80.0 cm³/mol. The van der Waals surface area contributed by atoms with Gasteiger partial charge in [-0.15, -0.1) is 11.6 Å². The standard InChI is InChI=1S/C13H16Cl2N4O/c1-3-18(4-2)12(20)8-19-11(6-14)17-10-5-9(15)7-16-13(10)19/h5,7H,3-4,6,8H2,1-2H3. The molecule has 0 aliphatic carbocycles. The van der Waals surface area contributed by atoms with Crippen molar-refractivity contribution in [3.63, 3.8) is 0 Å². The molecule has 2 aromatic heterocycles. The van der Waals surface area contributed by atoms with Crippen LogP contribution in [0.25, 0.3) is 11.2 Å². The molecule has 0 unspecified atom stereocenters. The smallest absolute Gasteiger partial charge is 0.242 e. The van der Waals surface area contributed by atoms with Crippen LogP contribution in [0.15, 0.2) is 12.3 Å². The van der Waals surface area contributed by atoms with Gasteiger partial charge in [-0.1, -0.05) is 11.6 Å². The first kappa shape index (κ1) is 15.1. The predicted octanol–water partition coefficient (Wildman–Crippen LogP) is 2.69. The third kappa shape index (κ3) is 2.88. The zero-order chi connectivity index (χ0) is 14.7. The van der Waals surface area contributed by atoms with Crippen LogP contribution in [0.3, 0.4) is 0 Å². The molecule has 7 heteroatoms. The zero-order valence-corrected chi connectivity index (χ0v) is 12.9. The van der Waals surface area contributed by atoms with Crippen molar-refractivity contribution < 1.29 is 4.79 Å². The number of halogens is 2. The molecule has 0 saturated heterocycles. The molecule has 0 fully saturated rings. The molecule has 0 bridgehead atoms. The minimum absolute atomic E-state index is 0.0254. The molecule has 0 radical (unpaired) electrons. The number of aromatic nitrogens is 3. The van der Waals surface area contributed by atoms with Crippen LogP contribution in [-0.4, -0.2) is 38.4 Å². The Balaban J connectivity index is 2.40. The van der Waals surface area contributed by atoms with E-state index < -0.39 is 0 Å². The van der Waals surface area contributed by atoms with E-state index in [1.54, 1.807) is 21.7 Å². The number of carbonyl (C=O) groups excluding carboxylic acids is 1. The summed E-state index contributed by atoms with van der Waals surface area (Å²) in [5.41, 5.74) is 1.28. The molecule has 0 saturated carbocycles. The maximum Gasteiger partial charge on any atom is 0.242 e. The highest BCUT2D eigenvalue weighted by atomic mass is 35.5. The van der Waals surface area contributed by atoms with E-state index in [0.29, 0.717) is 35.1 Å². The summed E-state index contributed by atoms with van der Waals surface area (Å²) >= 11 is 11.8. The topological polar surface area (TPSA) is 51.0 Å². The molecule has 5 nitrogen and oxygen atoms in total. The van der Waals surface area contributed by atoms with E-state index in [1.165, 1.54) is 0 Å². The summed E-state index contributed by atoms with van der Waals surface area (Å²) in [5, 5.41) is 0.512. The van der Waals surface area contributed by atoms with E-state index in [0.717, 1.165) is 0 Å². The fourth-order valence-electron chi connectivity index (χ4n) is 2.11. The van der Waals surface area contributed by atoms with Crippen molar-refractivity contribution in [1.82, 2.24) is 19.4 Å². The first-order chi connectivity index (χ1) is 9.60. The van der Waals surface area contributed by atoms with Crippen molar-refractivity contribution in [1.29, 1.82) is 0 Å². The fourth-order valence-corrected chi connectivity index (χ4v) is 2.47. The van der Waals surface area contributed by atoms with Crippen LogP contribution in [0, 0.1) is 0 Å². The Morgan fingerprint density at radius 2 is 2.10 bits per heavy atom. The summed E-state index contributed by atoms with van der Waals surface area (Å²) < 4.78 is 1.75. The molecule has 0 spiro atoms. The molecule has 0 atom stereocenters. The lowest BCUT2D eigenvalue weighted by Crippen LogP contribution is -2.33. The quantitative estimate of drug-likeness (QED) is 0.797. The zero-order valence-electron chi connectivity index (χ0n) is 11.4. The molecule has 2 heterocycles. The van der Waals surface area contributed by atoms with Crippen molar-refractivity contribution in [2.24, 2.45) is 0 Å². The summed E-state index contributed by atoms with van der Waals surface area (Å²) in [6.07, 6.45) is 1.54. The van der Waals surface area contributed by atoms with Gasteiger partial charge in [-0.05, 0) is 19.9 Å². The van der Waals surface area contributed by atoms with Crippen LogP contribution >= 0.6 is 23.2 Å². The molecule has 20 heavy (non-hydrogen) atoms. The van der Waals surface area contributed by atoms with Gasteiger partial charge in [0.1, 0.15) is 17.9 Å². The molecule has 0 aromatic carbocycles. The summed E-state index contributed by atoms with van der Waals surface area (Å²) in [7, 11) is 0. The number of amides is 1. The Morgan fingerprint density at radius 3 is 2.70 bits per heavy atom. The first-order valence-electron chi connectivity index (χ1n) is 6.45. The number of carbonyl (C=O) groups is 1. The molecule has 0 aliphatic heterocycles. The maximum absolute atomic E-state index is 12.2. The number of rotatable bonds is 5. The second kappa shape index (κ2) is 6.41. The van der Waals surface area contributed by atoms with Crippen molar-refractivity contribution in [2.75, 3.05) is 13.1 Å². The van der Waals surface area contributed by atoms with Crippen LogP contribution < -0.4 is 0 Å². The number of pyridine rings is 1. The Kier molecular flexibility index (Phi) is 4.83. The van der Waals surface area contributed by atoms with E-state index in [4.69, 9.17) is 23.2 Å². The van der Waals surface area contributed by atoms with Gasteiger partial charge in [-0.25, -0.2) is 9.97 Å². The van der Waals surface area contributed by atoms with Crippen LogP contribution in [0.5, 0.6) is 0 Å². The number of alkyl halides is 1. The molecule has 2 aromatic rings. The molecule has 1 amide bonds. The van der Waals surface area contributed by atoms with Crippen molar-refractivity contribution in [3.05, 3.63) is 23.1 Å². The second-order valence-corrected chi connectivity index (χ2v) is 5.01. The number of nitrogens with zero attached hydrogens (tertiary/aromatic N) is 4. The SMILES string of the molecule is CCN(CC)C(=O)Cn1c(CCl)nc2cc(Cl)cnc21. The molecule has 2 rings (SSSR count). The molecule has 0 N–H and O–H groups in total. The van der Waals surface area contributed by atoms with Gasteiger partial charge in [0, 0.05) is 19.3 Å². The number of likely N-dealkylation sites (N-methyl/N-ethyl adjacent to an activating group) is 1. The Hall–Kier alpha value is -1.33.